The lowest BCUT2D eigenvalue weighted by atomic mass is 9.51. The summed E-state index contributed by atoms with van der Waals surface area (Å²) in [4.78, 5) is 38.8. The second-order valence-corrected chi connectivity index (χ2v) is 15.6. The fourth-order valence-corrected chi connectivity index (χ4v) is 7.21. The number of hydrogen-bond acceptors (Lipinski definition) is 7. The van der Waals surface area contributed by atoms with Crippen LogP contribution in [-0.2, 0) is 33.3 Å². The van der Waals surface area contributed by atoms with Crippen LogP contribution in [-0.4, -0.2) is 41.3 Å². The first-order valence-electron chi connectivity index (χ1n) is 15.2. The van der Waals surface area contributed by atoms with Gasteiger partial charge in [0.2, 0.25) is 0 Å². The minimum Gasteiger partial charge on any atom is -0.493 e. The van der Waals surface area contributed by atoms with Crippen molar-refractivity contribution < 1.29 is 33.3 Å². The van der Waals surface area contributed by atoms with E-state index in [0.29, 0.717) is 25.7 Å². The van der Waals surface area contributed by atoms with Gasteiger partial charge in [0.25, 0.3) is 0 Å². The van der Waals surface area contributed by atoms with Gasteiger partial charge in [-0.2, -0.15) is 0 Å². The summed E-state index contributed by atoms with van der Waals surface area (Å²) in [7, 11) is 0. The Morgan fingerprint density at radius 2 is 0.850 bits per heavy atom. The van der Waals surface area contributed by atoms with Crippen molar-refractivity contribution in [3.63, 3.8) is 0 Å². The molecule has 3 saturated carbocycles. The van der Waals surface area contributed by atoms with Gasteiger partial charge in [0.15, 0.2) is 0 Å². The van der Waals surface area contributed by atoms with Crippen LogP contribution in [0.3, 0.4) is 0 Å². The molecule has 0 aromatic carbocycles. The smallest absolute Gasteiger partial charge is 0.309 e. The standard InChI is InChI=1S/C33H54O7/c1-20(39-30(2,3)4)21-12-14-22(15-13-21)25(34)37-28-32(8,9)29(33(28,10)11)38-26(35)23-16-18-24(19-17-23)27(36)40-31(5,6)7/h21-24,28-29H,1,12-19H2,2-11H3. The molecule has 3 fully saturated rings. The molecule has 0 radical (unpaired) electrons. The Hall–Kier alpha value is -2.05. The van der Waals surface area contributed by atoms with Crippen molar-refractivity contribution in [2.45, 2.75) is 144 Å². The normalized spacial score (nSPS) is 31.8. The summed E-state index contributed by atoms with van der Waals surface area (Å²) in [5.41, 5.74) is -1.76. The lowest BCUT2D eigenvalue weighted by Gasteiger charge is -2.61. The van der Waals surface area contributed by atoms with Gasteiger partial charge in [-0.25, -0.2) is 0 Å². The molecule has 0 aliphatic heterocycles. The fraction of sp³-hybridized carbons (Fsp3) is 0.848. The lowest BCUT2D eigenvalue weighted by Crippen LogP contribution is -2.70. The second kappa shape index (κ2) is 11.7. The van der Waals surface area contributed by atoms with Gasteiger partial charge < -0.3 is 18.9 Å². The molecule has 0 saturated heterocycles. The maximum absolute atomic E-state index is 13.2. The molecule has 0 amide bonds. The molecular formula is C33H54O7. The van der Waals surface area contributed by atoms with E-state index in [1.165, 1.54) is 0 Å². The zero-order chi connectivity index (χ0) is 30.3. The molecule has 228 valence electrons. The molecule has 3 rings (SSSR count). The molecule has 0 heterocycles. The van der Waals surface area contributed by atoms with Crippen molar-refractivity contribution in [2.24, 2.45) is 34.5 Å². The summed E-state index contributed by atoms with van der Waals surface area (Å²) >= 11 is 0. The summed E-state index contributed by atoms with van der Waals surface area (Å²) in [5, 5.41) is 0. The lowest BCUT2D eigenvalue weighted by molar-refractivity contribution is -0.271. The minimum absolute atomic E-state index is 0.132. The number of hydrogen-bond donors (Lipinski definition) is 0. The van der Waals surface area contributed by atoms with Crippen LogP contribution >= 0.6 is 0 Å². The van der Waals surface area contributed by atoms with Crippen molar-refractivity contribution in [2.75, 3.05) is 0 Å². The van der Waals surface area contributed by atoms with Crippen molar-refractivity contribution in [3.05, 3.63) is 12.3 Å². The van der Waals surface area contributed by atoms with E-state index < -0.39 is 16.4 Å². The van der Waals surface area contributed by atoms with E-state index in [2.05, 4.69) is 6.58 Å². The third-order valence-electron chi connectivity index (χ3n) is 8.92. The molecule has 3 aliphatic carbocycles. The van der Waals surface area contributed by atoms with Gasteiger partial charge in [-0.05, 0) is 92.9 Å². The van der Waals surface area contributed by atoms with Gasteiger partial charge in [-0.3, -0.25) is 14.4 Å². The van der Waals surface area contributed by atoms with Gasteiger partial charge in [-0.1, -0.05) is 34.3 Å². The van der Waals surface area contributed by atoms with E-state index in [9.17, 15) is 14.4 Å². The third kappa shape index (κ3) is 7.61. The van der Waals surface area contributed by atoms with Crippen LogP contribution in [0.1, 0.15) is 121 Å². The number of esters is 3. The van der Waals surface area contributed by atoms with Crippen LogP contribution in [0.25, 0.3) is 0 Å². The van der Waals surface area contributed by atoms with E-state index >= 15 is 0 Å². The predicted molar refractivity (Wildman–Crippen MR) is 154 cm³/mol. The highest BCUT2D eigenvalue weighted by molar-refractivity contribution is 5.76. The Labute approximate surface area is 242 Å². The molecule has 0 aromatic rings. The van der Waals surface area contributed by atoms with Gasteiger partial charge in [0.05, 0.1) is 23.5 Å². The van der Waals surface area contributed by atoms with Gasteiger partial charge >= 0.3 is 17.9 Å². The summed E-state index contributed by atoms with van der Waals surface area (Å²) in [6, 6.07) is 0. The van der Waals surface area contributed by atoms with E-state index in [1.807, 2.05) is 69.2 Å². The first-order chi connectivity index (χ1) is 18.2. The van der Waals surface area contributed by atoms with Crippen molar-refractivity contribution >= 4 is 17.9 Å². The molecule has 7 nitrogen and oxygen atoms in total. The molecule has 40 heavy (non-hydrogen) atoms. The quantitative estimate of drug-likeness (QED) is 0.185. The summed E-state index contributed by atoms with van der Waals surface area (Å²) in [6.45, 7) is 23.8. The largest absolute Gasteiger partial charge is 0.493 e. The first-order valence-corrected chi connectivity index (χ1v) is 15.2. The second-order valence-electron chi connectivity index (χ2n) is 15.6. The molecule has 0 spiro atoms. The zero-order valence-electron chi connectivity index (χ0n) is 26.7. The van der Waals surface area contributed by atoms with Crippen molar-refractivity contribution in [3.8, 4) is 0 Å². The Morgan fingerprint density at radius 3 is 1.18 bits per heavy atom. The Kier molecular flexibility index (Phi) is 9.48. The highest BCUT2D eigenvalue weighted by Crippen LogP contribution is 2.58. The van der Waals surface area contributed by atoms with Gasteiger partial charge in [-0.15, -0.1) is 0 Å². The van der Waals surface area contributed by atoms with Crippen LogP contribution in [0.5, 0.6) is 0 Å². The molecular weight excluding hydrogens is 508 g/mol. The average molecular weight is 563 g/mol. The molecule has 0 aromatic heterocycles. The summed E-state index contributed by atoms with van der Waals surface area (Å²) < 4.78 is 23.7. The molecule has 0 N–H and O–H groups in total. The average Bonchev–Trinajstić information content (AvgIpc) is 2.83. The minimum atomic E-state index is -0.510. The highest BCUT2D eigenvalue weighted by Gasteiger charge is 2.66. The number of rotatable bonds is 7. The molecule has 0 atom stereocenters. The maximum atomic E-state index is 13.2. The van der Waals surface area contributed by atoms with E-state index in [1.54, 1.807) is 0 Å². The topological polar surface area (TPSA) is 88.1 Å². The van der Waals surface area contributed by atoms with Crippen molar-refractivity contribution in [1.29, 1.82) is 0 Å². The number of carbonyl (C=O) groups is 3. The Balaban J connectivity index is 1.49. The molecule has 3 aliphatic rings. The van der Waals surface area contributed by atoms with Crippen LogP contribution in [0.2, 0.25) is 0 Å². The van der Waals surface area contributed by atoms with Crippen molar-refractivity contribution in [1.82, 2.24) is 0 Å². The predicted octanol–water partition coefficient (Wildman–Crippen LogP) is 7.16. The van der Waals surface area contributed by atoms with Crippen LogP contribution < -0.4 is 0 Å². The van der Waals surface area contributed by atoms with Crippen LogP contribution in [0.4, 0.5) is 0 Å². The van der Waals surface area contributed by atoms with E-state index in [0.717, 1.165) is 31.4 Å². The zero-order valence-corrected chi connectivity index (χ0v) is 26.7. The monoisotopic (exact) mass is 562 g/mol. The van der Waals surface area contributed by atoms with E-state index in [-0.39, 0.29) is 59.4 Å². The van der Waals surface area contributed by atoms with Crippen LogP contribution in [0.15, 0.2) is 12.3 Å². The Morgan fingerprint density at radius 1 is 0.550 bits per heavy atom. The first kappa shape index (κ1) is 32.5. The number of ether oxygens (including phenoxy) is 4. The van der Waals surface area contributed by atoms with Crippen LogP contribution in [0, 0.1) is 34.5 Å². The summed E-state index contributed by atoms with van der Waals surface area (Å²) in [6.07, 6.45) is 5.03. The third-order valence-corrected chi connectivity index (χ3v) is 8.92. The number of allylic oxidation sites excluding steroid dienone is 1. The fourth-order valence-electron chi connectivity index (χ4n) is 7.21. The van der Waals surface area contributed by atoms with Gasteiger partial charge in [0, 0.05) is 16.7 Å². The highest BCUT2D eigenvalue weighted by atomic mass is 16.6. The maximum Gasteiger partial charge on any atom is 0.309 e. The molecule has 0 bridgehead atoms. The van der Waals surface area contributed by atoms with E-state index in [4.69, 9.17) is 18.9 Å². The SMILES string of the molecule is C=C(OC(C)(C)C)C1CCC(C(=O)OC2C(C)(C)C(OC(=O)C3CCC(C(=O)OC(C)(C)C)CC3)C2(C)C)CC1. The summed E-state index contributed by atoms with van der Waals surface area (Å²) in [5.74, 6) is 0.00836. The number of carbonyl (C=O) groups excluding carboxylic acids is 3. The molecule has 7 heteroatoms. The Bertz CT molecular complexity index is 858. The molecule has 0 unspecified atom stereocenters. The van der Waals surface area contributed by atoms with Gasteiger partial charge in [0.1, 0.15) is 23.4 Å².